The van der Waals surface area contributed by atoms with E-state index in [0.29, 0.717) is 44.2 Å². The number of carbonyl (C=O) groups is 1. The average Bonchev–Trinajstić information content (AvgIpc) is 3.12. The van der Waals surface area contributed by atoms with Crippen LogP contribution in [0.4, 0.5) is 5.82 Å². The van der Waals surface area contributed by atoms with E-state index in [9.17, 15) is 4.79 Å². The lowest BCUT2D eigenvalue weighted by Gasteiger charge is -2.35. The third kappa shape index (κ3) is 4.10. The molecule has 3 aromatic rings. The van der Waals surface area contributed by atoms with E-state index >= 15 is 0 Å². The Labute approximate surface area is 175 Å². The Bertz CT molecular complexity index is 1020. The first kappa shape index (κ1) is 19.8. The van der Waals surface area contributed by atoms with E-state index in [4.69, 9.17) is 4.74 Å². The molecule has 0 saturated carbocycles. The minimum absolute atomic E-state index is 0.0174. The summed E-state index contributed by atoms with van der Waals surface area (Å²) in [6.07, 6.45) is 3.13. The van der Waals surface area contributed by atoms with E-state index in [1.807, 2.05) is 42.5 Å². The zero-order chi connectivity index (χ0) is 21.1. The molecule has 0 atom stereocenters. The molecular formula is C21H25N7O2. The number of pyridine rings is 1. The number of hydrogen-bond acceptors (Lipinski definition) is 7. The highest BCUT2D eigenvalue weighted by Crippen LogP contribution is 2.18. The van der Waals surface area contributed by atoms with Gasteiger partial charge in [0.15, 0.2) is 5.82 Å². The van der Waals surface area contributed by atoms with Gasteiger partial charge in [0.2, 0.25) is 5.88 Å². The van der Waals surface area contributed by atoms with E-state index in [2.05, 4.69) is 25.0 Å². The molecule has 1 aliphatic rings. The Morgan fingerprint density at radius 1 is 1.03 bits per heavy atom. The fourth-order valence-corrected chi connectivity index (χ4v) is 3.55. The van der Waals surface area contributed by atoms with Gasteiger partial charge in [-0.15, -0.1) is 0 Å². The summed E-state index contributed by atoms with van der Waals surface area (Å²) >= 11 is 0. The van der Waals surface area contributed by atoms with Crippen molar-refractivity contribution in [3.63, 3.8) is 0 Å². The van der Waals surface area contributed by atoms with Crippen molar-refractivity contribution in [1.82, 2.24) is 29.6 Å². The molecule has 156 valence electrons. The van der Waals surface area contributed by atoms with Gasteiger partial charge < -0.3 is 14.5 Å². The fourth-order valence-electron chi connectivity index (χ4n) is 3.55. The van der Waals surface area contributed by atoms with Crippen molar-refractivity contribution in [2.24, 2.45) is 0 Å². The number of aryl methyl sites for hydroxylation is 2. The third-order valence-corrected chi connectivity index (χ3v) is 5.03. The summed E-state index contributed by atoms with van der Waals surface area (Å²) in [6, 6.07) is 7.45. The molecule has 0 spiro atoms. The normalized spacial score (nSPS) is 14.1. The Hall–Kier alpha value is -3.49. The summed E-state index contributed by atoms with van der Waals surface area (Å²) in [4.78, 5) is 29.8. The summed E-state index contributed by atoms with van der Waals surface area (Å²) in [5.41, 5.74) is 2.54. The first-order chi connectivity index (χ1) is 14.5. The van der Waals surface area contributed by atoms with Crippen LogP contribution in [0.25, 0.3) is 5.82 Å². The molecule has 0 N–H and O–H groups in total. The van der Waals surface area contributed by atoms with Crippen LogP contribution in [-0.4, -0.2) is 68.3 Å². The van der Waals surface area contributed by atoms with Crippen molar-refractivity contribution in [2.75, 3.05) is 37.7 Å². The van der Waals surface area contributed by atoms with Gasteiger partial charge in [0.1, 0.15) is 12.1 Å². The Morgan fingerprint density at radius 2 is 1.80 bits per heavy atom. The van der Waals surface area contributed by atoms with Gasteiger partial charge in [0, 0.05) is 50.2 Å². The van der Waals surface area contributed by atoms with E-state index in [1.54, 1.807) is 24.7 Å². The number of aromatic nitrogens is 5. The monoisotopic (exact) mass is 407 g/mol. The standard InChI is InChI=1S/C21H25N7O2/c1-4-30-20-6-5-17(13-22-20)21(29)27-9-7-26(8-10-27)18-12-19(24-14-23-18)28-16(3)11-15(2)25-28/h5-6,11-14H,4,7-10H2,1-3H3. The lowest BCUT2D eigenvalue weighted by atomic mass is 10.2. The molecule has 1 saturated heterocycles. The first-order valence-electron chi connectivity index (χ1n) is 10.0. The van der Waals surface area contributed by atoms with Crippen LogP contribution in [0.2, 0.25) is 0 Å². The molecule has 1 fully saturated rings. The maximum atomic E-state index is 12.8. The predicted molar refractivity (Wildman–Crippen MR) is 112 cm³/mol. The summed E-state index contributed by atoms with van der Waals surface area (Å²) in [6.45, 7) is 9.04. The fraction of sp³-hybridized carbons (Fsp3) is 0.381. The van der Waals surface area contributed by atoms with Gasteiger partial charge in [-0.2, -0.15) is 5.10 Å². The molecule has 3 aromatic heterocycles. The van der Waals surface area contributed by atoms with Crippen LogP contribution < -0.4 is 9.64 Å². The zero-order valence-electron chi connectivity index (χ0n) is 17.4. The van der Waals surface area contributed by atoms with Gasteiger partial charge in [-0.05, 0) is 32.9 Å². The number of ether oxygens (including phenoxy) is 1. The number of nitrogens with zero attached hydrogens (tertiary/aromatic N) is 7. The highest BCUT2D eigenvalue weighted by molar-refractivity contribution is 5.94. The van der Waals surface area contributed by atoms with Crippen LogP contribution in [0.15, 0.2) is 36.8 Å². The van der Waals surface area contributed by atoms with Crippen LogP contribution in [0.1, 0.15) is 28.7 Å². The highest BCUT2D eigenvalue weighted by Gasteiger charge is 2.23. The molecule has 4 rings (SSSR count). The second-order valence-electron chi connectivity index (χ2n) is 7.17. The van der Waals surface area contributed by atoms with Crippen LogP contribution in [0.5, 0.6) is 5.88 Å². The minimum atomic E-state index is -0.0174. The molecule has 9 heteroatoms. The van der Waals surface area contributed by atoms with Crippen molar-refractivity contribution in [3.05, 3.63) is 53.7 Å². The third-order valence-electron chi connectivity index (χ3n) is 5.03. The summed E-state index contributed by atoms with van der Waals surface area (Å²) in [7, 11) is 0. The minimum Gasteiger partial charge on any atom is -0.478 e. The van der Waals surface area contributed by atoms with Gasteiger partial charge in [-0.3, -0.25) is 4.79 Å². The molecule has 0 aromatic carbocycles. The Balaban J connectivity index is 1.41. The number of rotatable bonds is 5. The molecule has 1 amide bonds. The van der Waals surface area contributed by atoms with E-state index in [1.165, 1.54) is 0 Å². The molecule has 1 aliphatic heterocycles. The SMILES string of the molecule is CCOc1ccc(C(=O)N2CCN(c3cc(-n4nc(C)cc4C)ncn3)CC2)cn1. The largest absolute Gasteiger partial charge is 0.478 e. The van der Waals surface area contributed by atoms with Gasteiger partial charge in [0.05, 0.1) is 17.9 Å². The molecule has 9 nitrogen and oxygen atoms in total. The van der Waals surface area contributed by atoms with Gasteiger partial charge >= 0.3 is 0 Å². The van der Waals surface area contributed by atoms with Crippen LogP contribution >= 0.6 is 0 Å². The Kier molecular flexibility index (Phi) is 5.60. The van der Waals surface area contributed by atoms with Crippen molar-refractivity contribution in [2.45, 2.75) is 20.8 Å². The number of carbonyl (C=O) groups excluding carboxylic acids is 1. The number of piperazine rings is 1. The first-order valence-corrected chi connectivity index (χ1v) is 10.0. The Morgan fingerprint density at radius 3 is 2.43 bits per heavy atom. The molecule has 4 heterocycles. The second-order valence-corrected chi connectivity index (χ2v) is 7.17. The number of hydrogen-bond donors (Lipinski definition) is 0. The van der Waals surface area contributed by atoms with Crippen molar-refractivity contribution in [1.29, 1.82) is 0 Å². The zero-order valence-corrected chi connectivity index (χ0v) is 17.4. The highest BCUT2D eigenvalue weighted by atomic mass is 16.5. The van der Waals surface area contributed by atoms with E-state index in [-0.39, 0.29) is 5.91 Å². The van der Waals surface area contributed by atoms with E-state index < -0.39 is 0 Å². The van der Waals surface area contributed by atoms with Crippen LogP contribution in [0.3, 0.4) is 0 Å². The van der Waals surface area contributed by atoms with Gasteiger partial charge in [0.25, 0.3) is 5.91 Å². The lowest BCUT2D eigenvalue weighted by molar-refractivity contribution is 0.0746. The van der Waals surface area contributed by atoms with Gasteiger partial charge in [-0.25, -0.2) is 19.6 Å². The number of amides is 1. The van der Waals surface area contributed by atoms with Crippen molar-refractivity contribution >= 4 is 11.7 Å². The summed E-state index contributed by atoms with van der Waals surface area (Å²) in [5.74, 6) is 2.09. The van der Waals surface area contributed by atoms with Crippen LogP contribution in [0, 0.1) is 13.8 Å². The predicted octanol–water partition coefficient (Wildman–Crippen LogP) is 2.04. The van der Waals surface area contributed by atoms with Crippen LogP contribution in [-0.2, 0) is 0 Å². The maximum Gasteiger partial charge on any atom is 0.255 e. The summed E-state index contributed by atoms with van der Waals surface area (Å²) < 4.78 is 7.16. The average molecular weight is 407 g/mol. The van der Waals surface area contributed by atoms with Crippen molar-refractivity contribution < 1.29 is 9.53 Å². The molecule has 0 aliphatic carbocycles. The maximum absolute atomic E-state index is 12.8. The smallest absolute Gasteiger partial charge is 0.255 e. The molecule has 30 heavy (non-hydrogen) atoms. The number of anilines is 1. The van der Waals surface area contributed by atoms with E-state index in [0.717, 1.165) is 23.0 Å². The molecule has 0 unspecified atom stereocenters. The lowest BCUT2D eigenvalue weighted by Crippen LogP contribution is -2.49. The van der Waals surface area contributed by atoms with Crippen molar-refractivity contribution in [3.8, 4) is 11.7 Å². The molecule has 0 bridgehead atoms. The topological polar surface area (TPSA) is 89.3 Å². The molecular weight excluding hydrogens is 382 g/mol. The summed E-state index contributed by atoms with van der Waals surface area (Å²) in [5, 5.41) is 4.49. The molecule has 0 radical (unpaired) electrons. The van der Waals surface area contributed by atoms with Gasteiger partial charge in [-0.1, -0.05) is 0 Å². The quantitative estimate of drug-likeness (QED) is 0.639. The second kappa shape index (κ2) is 8.48.